The summed E-state index contributed by atoms with van der Waals surface area (Å²) < 4.78 is 32.4. The fraction of sp³-hybridized carbons (Fsp3) is 0.300. The largest absolute Gasteiger partial charge is 0.461 e. The summed E-state index contributed by atoms with van der Waals surface area (Å²) in [5, 5.41) is 0.176. The predicted octanol–water partition coefficient (Wildman–Crippen LogP) is 3.31. The van der Waals surface area contributed by atoms with Gasteiger partial charge in [-0.1, -0.05) is 65.3 Å². The third-order valence-electron chi connectivity index (χ3n) is 4.10. The lowest BCUT2D eigenvalue weighted by molar-refractivity contribution is -0.149. The molecule has 2 rings (SSSR count). The summed E-state index contributed by atoms with van der Waals surface area (Å²) in [5.74, 6) is -0.939. The summed E-state index contributed by atoms with van der Waals surface area (Å²) in [6.07, 6.45) is 0.313. The average Bonchev–Trinajstić information content (AvgIpc) is 2.72. The van der Waals surface area contributed by atoms with Gasteiger partial charge in [-0.05, 0) is 24.1 Å². The molecule has 0 saturated carbocycles. The number of carbonyl (C=O) groups is 2. The number of sulfonamides is 1. The SMILES string of the molecule is CC(CCNS(=O)(=O)c1ccc(C(=O)CBr)cc1)C(=O)OCc1ccccc1. The molecule has 150 valence electrons. The first-order chi connectivity index (χ1) is 13.3. The Morgan fingerprint density at radius 3 is 2.32 bits per heavy atom. The lowest BCUT2D eigenvalue weighted by Crippen LogP contribution is -2.27. The van der Waals surface area contributed by atoms with Gasteiger partial charge in [-0.2, -0.15) is 0 Å². The van der Waals surface area contributed by atoms with Crippen LogP contribution in [0.25, 0.3) is 0 Å². The van der Waals surface area contributed by atoms with Gasteiger partial charge in [0, 0.05) is 12.1 Å². The molecule has 2 aromatic rings. The van der Waals surface area contributed by atoms with Gasteiger partial charge < -0.3 is 4.74 Å². The van der Waals surface area contributed by atoms with Gasteiger partial charge in [0.1, 0.15) is 6.61 Å². The van der Waals surface area contributed by atoms with Crippen molar-refractivity contribution in [1.29, 1.82) is 0 Å². The normalized spacial score (nSPS) is 12.4. The molecule has 1 atom stereocenters. The first kappa shape index (κ1) is 22.3. The van der Waals surface area contributed by atoms with Crippen LogP contribution in [0.3, 0.4) is 0 Å². The molecule has 28 heavy (non-hydrogen) atoms. The third kappa shape index (κ3) is 6.54. The van der Waals surface area contributed by atoms with Crippen LogP contribution < -0.4 is 4.72 Å². The fourth-order valence-corrected chi connectivity index (χ4v) is 3.75. The number of hydrogen-bond donors (Lipinski definition) is 1. The molecule has 8 heteroatoms. The molecule has 0 aliphatic heterocycles. The number of hydrogen-bond acceptors (Lipinski definition) is 5. The topological polar surface area (TPSA) is 89.5 Å². The maximum absolute atomic E-state index is 12.3. The van der Waals surface area contributed by atoms with E-state index >= 15 is 0 Å². The number of ketones is 1. The maximum Gasteiger partial charge on any atom is 0.309 e. The number of ether oxygens (including phenoxy) is 1. The zero-order chi connectivity index (χ0) is 20.6. The molecule has 0 aliphatic rings. The van der Waals surface area contributed by atoms with Gasteiger partial charge in [0.25, 0.3) is 0 Å². The van der Waals surface area contributed by atoms with E-state index in [1.807, 2.05) is 30.3 Å². The average molecular weight is 468 g/mol. The first-order valence-corrected chi connectivity index (χ1v) is 11.3. The van der Waals surface area contributed by atoms with Crippen LogP contribution in [0.1, 0.15) is 29.3 Å². The number of Topliss-reactive ketones (excluding diaryl/α,β-unsaturated/α-hetero) is 1. The van der Waals surface area contributed by atoms with E-state index in [1.54, 1.807) is 6.92 Å². The molecular weight excluding hydrogens is 446 g/mol. The molecular formula is C20H22BrNO5S. The van der Waals surface area contributed by atoms with Crippen molar-refractivity contribution in [3.63, 3.8) is 0 Å². The minimum Gasteiger partial charge on any atom is -0.461 e. The molecule has 6 nitrogen and oxygen atoms in total. The van der Waals surface area contributed by atoms with Crippen LogP contribution in [0, 0.1) is 5.92 Å². The molecule has 0 radical (unpaired) electrons. The molecule has 0 saturated heterocycles. The van der Waals surface area contributed by atoms with Crippen LogP contribution in [0.4, 0.5) is 0 Å². The molecule has 0 spiro atoms. The van der Waals surface area contributed by atoms with Crippen LogP contribution in [-0.2, 0) is 26.2 Å². The maximum atomic E-state index is 12.3. The van der Waals surface area contributed by atoms with Gasteiger partial charge in [-0.25, -0.2) is 13.1 Å². The van der Waals surface area contributed by atoms with Gasteiger partial charge >= 0.3 is 5.97 Å². The minimum atomic E-state index is -3.71. The summed E-state index contributed by atoms with van der Waals surface area (Å²) >= 11 is 3.08. The Morgan fingerprint density at radius 1 is 1.07 bits per heavy atom. The molecule has 0 aliphatic carbocycles. The summed E-state index contributed by atoms with van der Waals surface area (Å²) in [7, 11) is -3.71. The summed E-state index contributed by atoms with van der Waals surface area (Å²) in [6, 6.07) is 15.1. The van der Waals surface area contributed by atoms with E-state index in [4.69, 9.17) is 4.74 Å². The Balaban J connectivity index is 1.82. The first-order valence-electron chi connectivity index (χ1n) is 8.73. The van der Waals surface area contributed by atoms with E-state index in [0.29, 0.717) is 12.0 Å². The van der Waals surface area contributed by atoms with E-state index in [1.165, 1.54) is 24.3 Å². The van der Waals surface area contributed by atoms with E-state index < -0.39 is 15.9 Å². The standard InChI is InChI=1S/C20H22BrNO5S/c1-15(20(24)27-14-16-5-3-2-4-6-16)11-12-22-28(25,26)18-9-7-17(8-10-18)19(23)13-21/h2-10,15,22H,11-14H2,1H3. The van der Waals surface area contributed by atoms with Crippen LogP contribution in [0.2, 0.25) is 0 Å². The van der Waals surface area contributed by atoms with Crippen molar-refractivity contribution >= 4 is 37.7 Å². The van der Waals surface area contributed by atoms with Crippen molar-refractivity contribution in [1.82, 2.24) is 4.72 Å². The molecule has 1 unspecified atom stereocenters. The second-order valence-corrected chi connectivity index (χ2v) is 8.59. The van der Waals surface area contributed by atoms with E-state index in [0.717, 1.165) is 5.56 Å². The van der Waals surface area contributed by atoms with Gasteiger partial charge in [-0.3, -0.25) is 9.59 Å². The van der Waals surface area contributed by atoms with Gasteiger partial charge in [0.05, 0.1) is 16.1 Å². The number of rotatable bonds is 10. The Kier molecular flexibility index (Phi) is 8.35. The Morgan fingerprint density at radius 2 is 1.71 bits per heavy atom. The summed E-state index contributed by atoms with van der Waals surface area (Å²) in [5.41, 5.74) is 1.33. The van der Waals surface area contributed by atoms with Crippen LogP contribution >= 0.6 is 15.9 Å². The highest BCUT2D eigenvalue weighted by Gasteiger charge is 2.18. The Labute approximate surface area is 173 Å². The van der Waals surface area contributed by atoms with Crippen molar-refractivity contribution in [2.45, 2.75) is 24.8 Å². The lowest BCUT2D eigenvalue weighted by atomic mass is 10.1. The minimum absolute atomic E-state index is 0.0675. The smallest absolute Gasteiger partial charge is 0.309 e. The second kappa shape index (κ2) is 10.5. The zero-order valence-electron chi connectivity index (χ0n) is 15.4. The van der Waals surface area contributed by atoms with E-state index in [2.05, 4.69) is 20.7 Å². The molecule has 0 aromatic heterocycles. The van der Waals surface area contributed by atoms with Gasteiger partial charge in [-0.15, -0.1) is 0 Å². The summed E-state index contributed by atoms with van der Waals surface area (Å²) in [4.78, 5) is 23.7. The number of benzene rings is 2. The van der Waals surface area contributed by atoms with Crippen molar-refractivity contribution in [3.05, 3.63) is 65.7 Å². The number of nitrogens with one attached hydrogen (secondary N) is 1. The fourth-order valence-electron chi connectivity index (χ4n) is 2.38. The highest BCUT2D eigenvalue weighted by molar-refractivity contribution is 9.09. The van der Waals surface area contributed by atoms with Crippen molar-refractivity contribution < 1.29 is 22.7 Å². The Hall–Kier alpha value is -2.03. The lowest BCUT2D eigenvalue weighted by Gasteiger charge is -2.12. The number of esters is 1. The van der Waals surface area contributed by atoms with Crippen molar-refractivity contribution in [2.24, 2.45) is 5.92 Å². The zero-order valence-corrected chi connectivity index (χ0v) is 17.8. The number of carbonyl (C=O) groups excluding carboxylic acids is 2. The molecule has 0 heterocycles. The molecule has 2 aromatic carbocycles. The Bertz CT molecular complexity index is 898. The van der Waals surface area contributed by atoms with Crippen molar-refractivity contribution in [2.75, 3.05) is 11.9 Å². The molecule has 0 fully saturated rings. The summed E-state index contributed by atoms with van der Waals surface area (Å²) in [6.45, 7) is 1.99. The third-order valence-corrected chi connectivity index (χ3v) is 6.09. The van der Waals surface area contributed by atoms with Gasteiger partial charge in [0.2, 0.25) is 10.0 Å². The van der Waals surface area contributed by atoms with Gasteiger partial charge in [0.15, 0.2) is 5.78 Å². The monoisotopic (exact) mass is 467 g/mol. The highest BCUT2D eigenvalue weighted by Crippen LogP contribution is 2.13. The van der Waals surface area contributed by atoms with Crippen LogP contribution in [0.5, 0.6) is 0 Å². The number of alkyl halides is 1. The number of halogens is 1. The highest BCUT2D eigenvalue weighted by atomic mass is 79.9. The van der Waals surface area contributed by atoms with Crippen LogP contribution in [-0.4, -0.2) is 32.0 Å². The second-order valence-electron chi connectivity index (χ2n) is 6.26. The molecule has 1 N–H and O–H groups in total. The molecule has 0 amide bonds. The van der Waals surface area contributed by atoms with E-state index in [9.17, 15) is 18.0 Å². The quantitative estimate of drug-likeness (QED) is 0.328. The van der Waals surface area contributed by atoms with E-state index in [-0.39, 0.29) is 35.1 Å². The van der Waals surface area contributed by atoms with Crippen molar-refractivity contribution in [3.8, 4) is 0 Å². The molecule has 0 bridgehead atoms. The van der Waals surface area contributed by atoms with Crippen LogP contribution in [0.15, 0.2) is 59.5 Å². The predicted molar refractivity (Wildman–Crippen MR) is 110 cm³/mol.